The summed E-state index contributed by atoms with van der Waals surface area (Å²) in [6.45, 7) is 1.68. The Balaban J connectivity index is 1.58. The predicted octanol–water partition coefficient (Wildman–Crippen LogP) is 1.59. The molecular formula is C20H25N3O8. The number of allylic oxidation sites excluding steroid dienone is 2. The van der Waals surface area contributed by atoms with Gasteiger partial charge in [-0.15, -0.1) is 10.1 Å². The maximum absolute atomic E-state index is 12.7. The van der Waals surface area contributed by atoms with Gasteiger partial charge >= 0.3 is 12.1 Å². The van der Waals surface area contributed by atoms with Gasteiger partial charge in [0.05, 0.1) is 11.1 Å². The number of ether oxygens (including phenoxy) is 1. The molecule has 2 saturated heterocycles. The fraction of sp³-hybridized carbons (Fsp3) is 0.550. The van der Waals surface area contributed by atoms with Gasteiger partial charge in [-0.2, -0.15) is 0 Å². The minimum atomic E-state index is -1.07. The van der Waals surface area contributed by atoms with E-state index in [1.807, 2.05) is 0 Å². The van der Waals surface area contributed by atoms with Gasteiger partial charge in [-0.25, -0.2) is 9.59 Å². The van der Waals surface area contributed by atoms with Crippen LogP contribution < -0.4 is 5.73 Å². The van der Waals surface area contributed by atoms with Crippen molar-refractivity contribution < 1.29 is 38.4 Å². The zero-order chi connectivity index (χ0) is 22.6. The highest BCUT2D eigenvalue weighted by molar-refractivity contribution is 6.01. The van der Waals surface area contributed by atoms with Crippen LogP contribution in [0.15, 0.2) is 24.0 Å². The van der Waals surface area contributed by atoms with Crippen LogP contribution in [0.1, 0.15) is 58.3 Å². The predicted molar refractivity (Wildman–Crippen MR) is 103 cm³/mol. The van der Waals surface area contributed by atoms with E-state index in [2.05, 4.69) is 0 Å². The number of rotatable bonds is 4. The zero-order valence-corrected chi connectivity index (χ0v) is 17.2. The molecule has 0 spiro atoms. The summed E-state index contributed by atoms with van der Waals surface area (Å²) in [4.78, 5) is 70.2. The Bertz CT molecular complexity index is 835. The molecule has 3 amide bonds. The molecule has 0 aromatic rings. The Morgan fingerprint density at radius 3 is 2.35 bits per heavy atom. The van der Waals surface area contributed by atoms with Crippen LogP contribution in [0, 0.1) is 5.41 Å². The fourth-order valence-electron chi connectivity index (χ4n) is 3.56. The van der Waals surface area contributed by atoms with Crippen molar-refractivity contribution >= 4 is 29.8 Å². The van der Waals surface area contributed by atoms with Crippen LogP contribution in [0.5, 0.6) is 0 Å². The summed E-state index contributed by atoms with van der Waals surface area (Å²) < 4.78 is 5.29. The van der Waals surface area contributed by atoms with Gasteiger partial charge in [-0.05, 0) is 38.7 Å². The molecule has 2 aliphatic heterocycles. The lowest BCUT2D eigenvalue weighted by Crippen LogP contribution is -2.40. The van der Waals surface area contributed by atoms with E-state index in [-0.39, 0.29) is 32.1 Å². The number of nitrogens with two attached hydrogens (primary N) is 1. The second-order valence-electron chi connectivity index (χ2n) is 7.87. The molecule has 11 nitrogen and oxygen atoms in total. The van der Waals surface area contributed by atoms with Gasteiger partial charge in [0, 0.05) is 31.9 Å². The molecule has 0 aromatic carbocycles. The molecule has 2 heterocycles. The topological polar surface area (TPSA) is 146 Å². The molecule has 0 saturated carbocycles. The first-order chi connectivity index (χ1) is 14.7. The highest BCUT2D eigenvalue weighted by Gasteiger charge is 2.41. The number of carbonyl (C=O) groups is 5. The third-order valence-electron chi connectivity index (χ3n) is 5.56. The molecule has 0 aromatic heterocycles. The van der Waals surface area contributed by atoms with E-state index in [1.54, 1.807) is 19.1 Å². The number of carbonyl (C=O) groups excluding carboxylic acids is 5. The molecule has 2 atom stereocenters. The highest BCUT2D eigenvalue weighted by atomic mass is 16.8. The van der Waals surface area contributed by atoms with Crippen LogP contribution in [-0.4, -0.2) is 46.1 Å². The van der Waals surface area contributed by atoms with Crippen LogP contribution in [0.4, 0.5) is 4.79 Å². The summed E-state index contributed by atoms with van der Waals surface area (Å²) in [7, 11) is 0. The number of nitrogens with zero attached hydrogens (tertiary/aromatic N) is 2. The average molecular weight is 435 g/mol. The van der Waals surface area contributed by atoms with Crippen molar-refractivity contribution in [2.75, 3.05) is 0 Å². The minimum absolute atomic E-state index is 0.0180. The first-order valence-electron chi connectivity index (χ1n) is 10.1. The SMILES string of the molecule is CC1(C(=O)ON2C(=O)CCC2=O)CCC=CC(OC(=O)ON2C(=O)CC/C2=C\N)CC1. The van der Waals surface area contributed by atoms with Gasteiger partial charge in [-0.3, -0.25) is 19.2 Å². The quantitative estimate of drug-likeness (QED) is 0.395. The largest absolute Gasteiger partial charge is 0.534 e. The van der Waals surface area contributed by atoms with Crippen molar-refractivity contribution in [1.29, 1.82) is 0 Å². The molecule has 31 heavy (non-hydrogen) atoms. The van der Waals surface area contributed by atoms with Gasteiger partial charge in [0.2, 0.25) is 0 Å². The van der Waals surface area contributed by atoms with Crippen molar-refractivity contribution in [3.8, 4) is 0 Å². The number of imide groups is 1. The van der Waals surface area contributed by atoms with E-state index in [4.69, 9.17) is 20.1 Å². The van der Waals surface area contributed by atoms with Gasteiger partial charge in [-0.1, -0.05) is 6.08 Å². The van der Waals surface area contributed by atoms with Crippen molar-refractivity contribution in [3.63, 3.8) is 0 Å². The van der Waals surface area contributed by atoms with E-state index >= 15 is 0 Å². The van der Waals surface area contributed by atoms with Crippen LogP contribution in [0.2, 0.25) is 0 Å². The second kappa shape index (κ2) is 9.19. The highest BCUT2D eigenvalue weighted by Crippen LogP contribution is 2.35. The van der Waals surface area contributed by atoms with Crippen molar-refractivity contribution in [2.24, 2.45) is 11.1 Å². The van der Waals surface area contributed by atoms with Gasteiger partial charge < -0.3 is 15.3 Å². The van der Waals surface area contributed by atoms with Crippen molar-refractivity contribution in [2.45, 2.75) is 64.4 Å². The molecule has 2 fully saturated rings. The van der Waals surface area contributed by atoms with E-state index in [9.17, 15) is 24.0 Å². The first-order valence-corrected chi connectivity index (χ1v) is 10.1. The Morgan fingerprint density at radius 2 is 1.68 bits per heavy atom. The van der Waals surface area contributed by atoms with Crippen molar-refractivity contribution in [1.82, 2.24) is 10.1 Å². The molecule has 0 radical (unpaired) electrons. The third-order valence-corrected chi connectivity index (χ3v) is 5.56. The van der Waals surface area contributed by atoms with Gasteiger partial charge in [0.25, 0.3) is 17.7 Å². The first kappa shape index (κ1) is 22.3. The van der Waals surface area contributed by atoms with E-state index in [0.29, 0.717) is 30.0 Å². The van der Waals surface area contributed by atoms with E-state index in [0.717, 1.165) is 5.06 Å². The average Bonchev–Trinajstić information content (AvgIpc) is 3.23. The lowest BCUT2D eigenvalue weighted by molar-refractivity contribution is -0.205. The fourth-order valence-corrected chi connectivity index (χ4v) is 3.56. The third kappa shape index (κ3) is 5.04. The van der Waals surface area contributed by atoms with Crippen LogP contribution in [0.3, 0.4) is 0 Å². The number of hydroxylamine groups is 4. The van der Waals surface area contributed by atoms with Crippen LogP contribution in [0.25, 0.3) is 0 Å². The zero-order valence-electron chi connectivity index (χ0n) is 17.2. The van der Waals surface area contributed by atoms with Crippen LogP contribution >= 0.6 is 0 Å². The molecule has 1 aliphatic carbocycles. The van der Waals surface area contributed by atoms with Crippen LogP contribution in [-0.2, 0) is 33.6 Å². The Labute approximate surface area is 178 Å². The molecule has 11 heteroatoms. The number of amides is 3. The summed E-state index contributed by atoms with van der Waals surface area (Å²) in [6, 6.07) is 0. The summed E-state index contributed by atoms with van der Waals surface area (Å²) in [5.74, 6) is -2.17. The summed E-state index contributed by atoms with van der Waals surface area (Å²) in [6.07, 6.45) is 4.95. The smallest absolute Gasteiger partial charge is 0.425 e. The Morgan fingerprint density at radius 1 is 1.03 bits per heavy atom. The molecular weight excluding hydrogens is 410 g/mol. The Kier molecular flexibility index (Phi) is 6.62. The molecule has 2 unspecified atom stereocenters. The maximum Gasteiger partial charge on any atom is 0.534 e. The number of hydrogen-bond acceptors (Lipinski definition) is 9. The maximum atomic E-state index is 12.7. The van der Waals surface area contributed by atoms with Gasteiger partial charge in [0.15, 0.2) is 0 Å². The second-order valence-corrected chi connectivity index (χ2v) is 7.87. The summed E-state index contributed by atoms with van der Waals surface area (Å²) in [5.41, 5.74) is 4.82. The molecule has 0 bridgehead atoms. The molecule has 168 valence electrons. The summed E-state index contributed by atoms with van der Waals surface area (Å²) in [5, 5.41) is 1.35. The Hall–Kier alpha value is -3.37. The van der Waals surface area contributed by atoms with E-state index in [1.165, 1.54) is 6.20 Å². The lowest BCUT2D eigenvalue weighted by Gasteiger charge is -2.30. The van der Waals surface area contributed by atoms with E-state index < -0.39 is 41.4 Å². The lowest BCUT2D eigenvalue weighted by atomic mass is 9.79. The van der Waals surface area contributed by atoms with Crippen molar-refractivity contribution in [3.05, 3.63) is 24.0 Å². The molecule has 2 N–H and O–H groups in total. The molecule has 3 aliphatic rings. The monoisotopic (exact) mass is 435 g/mol. The summed E-state index contributed by atoms with van der Waals surface area (Å²) >= 11 is 0. The standard InChI is InChI=1S/C20H25N3O8/c1-20(18(27)30-23-16(25)7-8-17(23)26)10-3-2-4-14(9-11-20)29-19(28)31-22-13(12-21)5-6-15(22)24/h2,4,12,14H,3,5-11,21H2,1H3/b4-2?,13-12+. The normalized spacial score (nSPS) is 28.0. The number of hydrogen-bond donors (Lipinski definition) is 1. The molecule has 3 rings (SSSR count). The minimum Gasteiger partial charge on any atom is -0.425 e. The van der Waals surface area contributed by atoms with Gasteiger partial charge in [0.1, 0.15) is 6.10 Å².